The molecule has 0 amide bonds. The lowest BCUT2D eigenvalue weighted by molar-refractivity contribution is 0.574. The van der Waals surface area contributed by atoms with Crippen LogP contribution in [0.4, 0.5) is 0 Å². The van der Waals surface area contributed by atoms with Crippen molar-refractivity contribution in [3.8, 4) is 0 Å². The fourth-order valence-electron chi connectivity index (χ4n) is 1.32. The summed E-state index contributed by atoms with van der Waals surface area (Å²) in [6, 6.07) is 0. The van der Waals surface area contributed by atoms with Crippen LogP contribution in [0, 0.1) is 12.8 Å². The second-order valence-corrected chi connectivity index (χ2v) is 3.74. The number of alkyl halides is 1. The van der Waals surface area contributed by atoms with Gasteiger partial charge >= 0.3 is 0 Å². The van der Waals surface area contributed by atoms with E-state index in [4.69, 9.17) is 0 Å². The molecule has 1 atom stereocenters. The predicted molar refractivity (Wildman–Crippen MR) is 40.0 cm³/mol. The Labute approximate surface area is 59.8 Å². The second kappa shape index (κ2) is 2.86. The van der Waals surface area contributed by atoms with E-state index < -0.39 is 0 Å². The summed E-state index contributed by atoms with van der Waals surface area (Å²) in [4.78, 5) is 0.505. The molecule has 0 spiro atoms. The van der Waals surface area contributed by atoms with Crippen molar-refractivity contribution in [2.24, 2.45) is 5.92 Å². The highest BCUT2D eigenvalue weighted by Gasteiger charge is 2.18. The molecular formula is C7H12Br. The average Bonchev–Trinajstić information content (AvgIpc) is 2.12. The molecule has 1 saturated carbocycles. The van der Waals surface area contributed by atoms with Gasteiger partial charge in [0.15, 0.2) is 0 Å². The topological polar surface area (TPSA) is 0 Å². The van der Waals surface area contributed by atoms with Crippen molar-refractivity contribution < 1.29 is 0 Å². The molecular weight excluding hydrogens is 164 g/mol. The summed E-state index contributed by atoms with van der Waals surface area (Å²) in [5, 5.41) is 0. The van der Waals surface area contributed by atoms with Gasteiger partial charge in [0.1, 0.15) is 0 Å². The molecule has 1 unspecified atom stereocenters. The van der Waals surface area contributed by atoms with Crippen molar-refractivity contribution in [2.45, 2.75) is 30.5 Å². The van der Waals surface area contributed by atoms with E-state index in [1.54, 1.807) is 0 Å². The third-order valence-corrected chi connectivity index (χ3v) is 2.66. The maximum atomic E-state index is 3.94. The maximum absolute atomic E-state index is 3.94. The smallest absolute Gasteiger partial charge is 0.0174 e. The first-order valence-corrected chi connectivity index (χ1v) is 4.19. The number of hydrogen-bond acceptors (Lipinski definition) is 0. The van der Waals surface area contributed by atoms with E-state index in [0.29, 0.717) is 4.83 Å². The molecule has 0 bridgehead atoms. The number of hydrogen-bond donors (Lipinski definition) is 0. The summed E-state index contributed by atoms with van der Waals surface area (Å²) in [5.41, 5.74) is 0. The van der Waals surface area contributed by atoms with Crippen LogP contribution in [0.3, 0.4) is 0 Å². The first kappa shape index (κ1) is 6.60. The Morgan fingerprint density at radius 2 is 1.88 bits per heavy atom. The highest BCUT2D eigenvalue weighted by molar-refractivity contribution is 9.09. The van der Waals surface area contributed by atoms with Crippen LogP contribution >= 0.6 is 15.9 Å². The van der Waals surface area contributed by atoms with Crippen molar-refractivity contribution in [3.05, 3.63) is 6.92 Å². The lowest BCUT2D eigenvalue weighted by atomic mass is 10.1. The molecule has 0 N–H and O–H groups in total. The largest absolute Gasteiger partial charge is 0.0888 e. The van der Waals surface area contributed by atoms with Crippen LogP contribution in [0.2, 0.25) is 0 Å². The molecule has 0 heterocycles. The van der Waals surface area contributed by atoms with Gasteiger partial charge in [-0.2, -0.15) is 0 Å². The summed E-state index contributed by atoms with van der Waals surface area (Å²) in [5.74, 6) is 0.870. The van der Waals surface area contributed by atoms with Gasteiger partial charge in [-0.05, 0) is 25.7 Å². The van der Waals surface area contributed by atoms with Crippen LogP contribution in [-0.2, 0) is 0 Å². The number of rotatable bonds is 1. The Morgan fingerprint density at radius 3 is 2.12 bits per heavy atom. The van der Waals surface area contributed by atoms with Crippen molar-refractivity contribution >= 4 is 15.9 Å². The Morgan fingerprint density at radius 1 is 1.38 bits per heavy atom. The molecule has 8 heavy (non-hydrogen) atoms. The van der Waals surface area contributed by atoms with E-state index in [1.807, 2.05) is 0 Å². The van der Waals surface area contributed by atoms with Gasteiger partial charge in [0.25, 0.3) is 0 Å². The first-order chi connectivity index (χ1) is 3.80. The van der Waals surface area contributed by atoms with E-state index in [9.17, 15) is 0 Å². The SMILES string of the molecule is [CH2]C(Br)C1CCCC1. The lowest BCUT2D eigenvalue weighted by Gasteiger charge is -2.09. The third kappa shape index (κ3) is 1.48. The van der Waals surface area contributed by atoms with E-state index >= 15 is 0 Å². The molecule has 1 aliphatic rings. The van der Waals surface area contributed by atoms with Crippen LogP contribution in [-0.4, -0.2) is 4.83 Å². The van der Waals surface area contributed by atoms with Crippen LogP contribution in [0.1, 0.15) is 25.7 Å². The van der Waals surface area contributed by atoms with Gasteiger partial charge in [-0.1, -0.05) is 28.8 Å². The quantitative estimate of drug-likeness (QED) is 0.539. The molecule has 0 aromatic rings. The minimum absolute atomic E-state index is 0.505. The van der Waals surface area contributed by atoms with Crippen molar-refractivity contribution in [1.29, 1.82) is 0 Å². The second-order valence-electron chi connectivity index (χ2n) is 2.56. The molecule has 0 nitrogen and oxygen atoms in total. The molecule has 0 aliphatic heterocycles. The summed E-state index contributed by atoms with van der Waals surface area (Å²) < 4.78 is 0. The minimum Gasteiger partial charge on any atom is -0.0888 e. The van der Waals surface area contributed by atoms with Crippen LogP contribution in [0.5, 0.6) is 0 Å². The molecule has 0 aromatic carbocycles. The van der Waals surface area contributed by atoms with Gasteiger partial charge in [0, 0.05) is 4.83 Å². The van der Waals surface area contributed by atoms with Crippen LogP contribution in [0.15, 0.2) is 0 Å². The maximum Gasteiger partial charge on any atom is 0.0174 e. The van der Waals surface area contributed by atoms with E-state index in [1.165, 1.54) is 25.7 Å². The summed E-state index contributed by atoms with van der Waals surface area (Å²) in [7, 11) is 0. The molecule has 1 rings (SSSR count). The van der Waals surface area contributed by atoms with Crippen LogP contribution < -0.4 is 0 Å². The monoisotopic (exact) mass is 175 g/mol. The van der Waals surface area contributed by atoms with Gasteiger partial charge in [-0.3, -0.25) is 0 Å². The average molecular weight is 176 g/mol. The summed E-state index contributed by atoms with van der Waals surface area (Å²) in [6.45, 7) is 3.94. The highest BCUT2D eigenvalue weighted by atomic mass is 79.9. The highest BCUT2D eigenvalue weighted by Crippen LogP contribution is 2.30. The standard InChI is InChI=1S/C7H12Br/c1-6(8)7-4-2-3-5-7/h6-7H,1-5H2. The molecule has 0 saturated heterocycles. The zero-order valence-electron chi connectivity index (χ0n) is 5.07. The molecule has 1 heteroatoms. The Kier molecular flexibility index (Phi) is 2.36. The van der Waals surface area contributed by atoms with Crippen molar-refractivity contribution in [2.75, 3.05) is 0 Å². The Hall–Kier alpha value is 0.480. The normalized spacial score (nSPS) is 26.2. The van der Waals surface area contributed by atoms with E-state index in [-0.39, 0.29) is 0 Å². The van der Waals surface area contributed by atoms with Crippen molar-refractivity contribution in [3.63, 3.8) is 0 Å². The first-order valence-electron chi connectivity index (χ1n) is 3.28. The van der Waals surface area contributed by atoms with Gasteiger partial charge in [0.05, 0.1) is 0 Å². The van der Waals surface area contributed by atoms with Gasteiger partial charge < -0.3 is 0 Å². The van der Waals surface area contributed by atoms with Crippen molar-refractivity contribution in [1.82, 2.24) is 0 Å². The fourth-order valence-corrected chi connectivity index (χ4v) is 1.85. The van der Waals surface area contributed by atoms with Gasteiger partial charge in [0.2, 0.25) is 0 Å². The number of halogens is 1. The zero-order valence-corrected chi connectivity index (χ0v) is 6.65. The Bertz CT molecular complexity index is 62.8. The van der Waals surface area contributed by atoms with E-state index in [2.05, 4.69) is 22.9 Å². The summed E-state index contributed by atoms with van der Waals surface area (Å²) in [6.07, 6.45) is 5.61. The molecule has 1 radical (unpaired) electrons. The molecule has 1 fully saturated rings. The lowest BCUT2D eigenvalue weighted by Crippen LogP contribution is -2.04. The van der Waals surface area contributed by atoms with E-state index in [0.717, 1.165) is 5.92 Å². The fraction of sp³-hybridized carbons (Fsp3) is 0.857. The molecule has 0 aromatic heterocycles. The molecule has 47 valence electrons. The predicted octanol–water partition coefficient (Wildman–Crippen LogP) is 2.77. The summed E-state index contributed by atoms with van der Waals surface area (Å²) >= 11 is 3.49. The zero-order chi connectivity index (χ0) is 5.98. The Balaban J connectivity index is 2.24. The minimum atomic E-state index is 0.505. The van der Waals surface area contributed by atoms with Gasteiger partial charge in [-0.25, -0.2) is 0 Å². The molecule has 1 aliphatic carbocycles. The third-order valence-electron chi connectivity index (χ3n) is 1.91. The van der Waals surface area contributed by atoms with Gasteiger partial charge in [-0.15, -0.1) is 0 Å². The van der Waals surface area contributed by atoms with Crippen LogP contribution in [0.25, 0.3) is 0 Å².